The van der Waals surface area contributed by atoms with Crippen LogP contribution < -0.4 is 0 Å². The van der Waals surface area contributed by atoms with Gasteiger partial charge >= 0.3 is 0 Å². The van der Waals surface area contributed by atoms with Crippen molar-refractivity contribution >= 4 is 24.0 Å². The van der Waals surface area contributed by atoms with E-state index in [1.54, 1.807) is 44.2 Å². The fraction of sp³-hybridized carbons (Fsp3) is 1.00. The summed E-state index contributed by atoms with van der Waals surface area (Å²) >= 11 is 0. The van der Waals surface area contributed by atoms with Crippen LogP contribution in [0.4, 0.5) is 0 Å². The minimum absolute atomic E-state index is 0.424. The van der Waals surface area contributed by atoms with E-state index in [-0.39, 0.29) is 0 Å². The van der Waals surface area contributed by atoms with Crippen molar-refractivity contribution in [3.05, 3.63) is 0 Å². The molecular weight excluding hydrogens is 264 g/mol. The van der Waals surface area contributed by atoms with Crippen molar-refractivity contribution < 1.29 is 0 Å². The van der Waals surface area contributed by atoms with Crippen LogP contribution in [-0.2, 0) is 0 Å². The van der Waals surface area contributed by atoms with Gasteiger partial charge < -0.3 is 0 Å². The molecule has 0 heterocycles. The minimum atomic E-state index is -0.833. The van der Waals surface area contributed by atoms with Gasteiger partial charge in [-0.1, -0.05) is 95.4 Å². The summed E-state index contributed by atoms with van der Waals surface area (Å²) in [5.41, 5.74) is 1.22. The Morgan fingerprint density at radius 2 is 1.44 bits per heavy atom. The molecule has 1 aliphatic carbocycles. The van der Waals surface area contributed by atoms with E-state index in [1.165, 1.54) is 12.0 Å². The second-order valence-corrected chi connectivity index (χ2v) is 28.6. The van der Waals surface area contributed by atoms with E-state index in [0.29, 0.717) is 0 Å². The Hall–Kier alpha value is 0.651. The lowest BCUT2D eigenvalue weighted by atomic mass is 10.0. The van der Waals surface area contributed by atoms with Crippen molar-refractivity contribution in [2.75, 3.05) is 0 Å². The van der Waals surface area contributed by atoms with Crippen molar-refractivity contribution in [1.82, 2.24) is 0 Å². The van der Waals surface area contributed by atoms with Gasteiger partial charge in [0.25, 0.3) is 0 Å². The molecule has 0 aliphatic heterocycles. The van der Waals surface area contributed by atoms with Gasteiger partial charge in [0, 0.05) is 24.0 Å². The molecule has 1 saturated carbocycles. The van der Waals surface area contributed by atoms with Gasteiger partial charge in [0.15, 0.2) is 0 Å². The zero-order valence-electron chi connectivity index (χ0n) is 13.8. The Balaban J connectivity index is 2.40. The lowest BCUT2D eigenvalue weighted by Gasteiger charge is -2.37. The summed E-state index contributed by atoms with van der Waals surface area (Å²) in [6.07, 6.45) is 9.35. The molecule has 0 N–H and O–H groups in total. The lowest BCUT2D eigenvalue weighted by Crippen LogP contribution is -2.47. The SMILES string of the molecule is C[SiH](C1CCCCC1)[Si](C)(C)CCC[Si](C)(C)C. The molecular formula is C15H36Si3. The quantitative estimate of drug-likeness (QED) is 0.553. The lowest BCUT2D eigenvalue weighted by molar-refractivity contribution is 0.499. The topological polar surface area (TPSA) is 0 Å². The maximum atomic E-state index is 2.73. The van der Waals surface area contributed by atoms with Crippen LogP contribution in [0.3, 0.4) is 0 Å². The smallest absolute Gasteiger partial charge is 0.0442 e. The molecule has 0 aromatic carbocycles. The molecule has 1 atom stereocenters. The molecule has 0 saturated heterocycles. The second kappa shape index (κ2) is 6.89. The van der Waals surface area contributed by atoms with E-state index in [1.807, 2.05) is 0 Å². The summed E-state index contributed by atoms with van der Waals surface area (Å²) in [5.74, 6) is 0. The predicted octanol–water partition coefficient (Wildman–Crippen LogP) is 5.69. The maximum Gasteiger partial charge on any atom is 0.0442 e. The van der Waals surface area contributed by atoms with E-state index >= 15 is 0 Å². The predicted molar refractivity (Wildman–Crippen MR) is 94.9 cm³/mol. The number of hydrogen-bond donors (Lipinski definition) is 0. The molecule has 0 spiro atoms. The normalized spacial score (nSPS) is 21.0. The monoisotopic (exact) mass is 300 g/mol. The van der Waals surface area contributed by atoms with Crippen molar-refractivity contribution in [3.8, 4) is 0 Å². The molecule has 18 heavy (non-hydrogen) atoms. The standard InChI is InChI=1S/C15H36Si3/c1-16(15-11-8-7-9-12-15)18(5,6)14-10-13-17(2,3)4/h15-16H,7-14H2,1-6H3. The molecule has 1 aliphatic rings. The van der Waals surface area contributed by atoms with Gasteiger partial charge in [0.1, 0.15) is 0 Å². The van der Waals surface area contributed by atoms with Gasteiger partial charge in [-0.3, -0.25) is 0 Å². The molecule has 0 radical (unpaired) electrons. The summed E-state index contributed by atoms with van der Waals surface area (Å²) in [5, 5.41) is 0. The van der Waals surface area contributed by atoms with Crippen LogP contribution in [0.5, 0.6) is 0 Å². The van der Waals surface area contributed by atoms with Crippen LogP contribution in [0, 0.1) is 0 Å². The van der Waals surface area contributed by atoms with E-state index in [9.17, 15) is 0 Å². The summed E-state index contributed by atoms with van der Waals surface area (Å²) in [7, 11) is -2.05. The number of rotatable bonds is 6. The molecule has 3 heteroatoms. The average molecular weight is 301 g/mol. The Bertz CT molecular complexity index is 237. The molecule has 108 valence electrons. The molecule has 0 aromatic heterocycles. The van der Waals surface area contributed by atoms with E-state index in [4.69, 9.17) is 0 Å². The highest BCUT2D eigenvalue weighted by Gasteiger charge is 2.35. The first-order chi connectivity index (χ1) is 8.22. The molecule has 0 amide bonds. The Morgan fingerprint density at radius 1 is 0.889 bits per heavy atom. The first-order valence-corrected chi connectivity index (χ1v) is 18.8. The van der Waals surface area contributed by atoms with E-state index in [0.717, 1.165) is 0 Å². The fourth-order valence-electron chi connectivity index (χ4n) is 3.57. The second-order valence-electron chi connectivity index (χ2n) is 8.59. The first-order valence-electron chi connectivity index (χ1n) is 8.22. The molecule has 0 aromatic rings. The zero-order chi connectivity index (χ0) is 13.8. The van der Waals surface area contributed by atoms with Crippen LogP contribution >= 0.6 is 0 Å². The Kier molecular flexibility index (Phi) is 6.39. The van der Waals surface area contributed by atoms with Crippen molar-refractivity contribution in [2.45, 2.75) is 95.4 Å². The molecule has 0 bridgehead atoms. The number of hydrogen-bond acceptors (Lipinski definition) is 0. The third kappa shape index (κ3) is 5.74. The largest absolute Gasteiger partial charge is 0.0737 e. The highest BCUT2D eigenvalue weighted by atomic mass is 29.2. The van der Waals surface area contributed by atoms with Gasteiger partial charge in [0.2, 0.25) is 0 Å². The van der Waals surface area contributed by atoms with Gasteiger partial charge in [-0.2, -0.15) is 0 Å². The van der Waals surface area contributed by atoms with Crippen LogP contribution in [0.2, 0.25) is 56.9 Å². The highest BCUT2D eigenvalue weighted by Crippen LogP contribution is 2.36. The molecule has 1 fully saturated rings. The Morgan fingerprint density at radius 3 is 1.94 bits per heavy atom. The van der Waals surface area contributed by atoms with E-state index < -0.39 is 24.0 Å². The van der Waals surface area contributed by atoms with Crippen molar-refractivity contribution in [2.24, 2.45) is 0 Å². The van der Waals surface area contributed by atoms with Crippen molar-refractivity contribution in [1.29, 1.82) is 0 Å². The summed E-state index contributed by atoms with van der Waals surface area (Å²) < 4.78 is 0. The average Bonchev–Trinajstić information content (AvgIpc) is 2.27. The Labute approximate surface area is 119 Å². The van der Waals surface area contributed by atoms with Gasteiger partial charge in [-0.25, -0.2) is 0 Å². The van der Waals surface area contributed by atoms with Crippen LogP contribution in [0.1, 0.15) is 38.5 Å². The summed E-state index contributed by atoms with van der Waals surface area (Å²) in [4.78, 5) is 0. The van der Waals surface area contributed by atoms with Crippen LogP contribution in [-0.4, -0.2) is 24.0 Å². The highest BCUT2D eigenvalue weighted by molar-refractivity contribution is 7.32. The van der Waals surface area contributed by atoms with Crippen molar-refractivity contribution in [3.63, 3.8) is 0 Å². The maximum absolute atomic E-state index is 2.73. The minimum Gasteiger partial charge on any atom is -0.0737 e. The molecule has 1 unspecified atom stereocenters. The van der Waals surface area contributed by atoms with E-state index in [2.05, 4.69) is 39.3 Å². The third-order valence-electron chi connectivity index (χ3n) is 5.34. The molecule has 0 nitrogen and oxygen atoms in total. The summed E-state index contributed by atoms with van der Waals surface area (Å²) in [6, 6.07) is 3.20. The third-order valence-corrected chi connectivity index (χ3v) is 23.1. The fourth-order valence-corrected chi connectivity index (χ4v) is 16.3. The van der Waals surface area contributed by atoms with Gasteiger partial charge in [-0.15, -0.1) is 0 Å². The zero-order valence-corrected chi connectivity index (χ0v) is 17.0. The molecule has 1 rings (SSSR count). The van der Waals surface area contributed by atoms with Gasteiger partial charge in [-0.05, 0) is 0 Å². The van der Waals surface area contributed by atoms with Gasteiger partial charge in [0.05, 0.1) is 0 Å². The van der Waals surface area contributed by atoms with Crippen LogP contribution in [0.15, 0.2) is 0 Å². The summed E-state index contributed by atoms with van der Waals surface area (Å²) in [6.45, 7) is 15.8. The first kappa shape index (κ1) is 16.7. The van der Waals surface area contributed by atoms with Crippen LogP contribution in [0.25, 0.3) is 0 Å².